The fourth-order valence-corrected chi connectivity index (χ4v) is 2.56. The lowest BCUT2D eigenvalue weighted by molar-refractivity contribution is 1.22. The molecule has 0 saturated carbocycles. The smallest absolute Gasteiger partial charge is 0.0493 e. The Morgan fingerprint density at radius 3 is 1.62 bits per heavy atom. The molecular formula is C20H19N. The second-order valence-electron chi connectivity index (χ2n) is 5.23. The quantitative estimate of drug-likeness (QED) is 0.585. The van der Waals surface area contributed by atoms with E-state index < -0.39 is 0 Å². The van der Waals surface area contributed by atoms with Crippen LogP contribution in [0.25, 0.3) is 0 Å². The Labute approximate surface area is 126 Å². The summed E-state index contributed by atoms with van der Waals surface area (Å²) < 4.78 is 0. The van der Waals surface area contributed by atoms with E-state index in [4.69, 9.17) is 0 Å². The van der Waals surface area contributed by atoms with Crippen molar-refractivity contribution in [2.24, 2.45) is 0 Å². The van der Waals surface area contributed by atoms with E-state index in [9.17, 15) is 0 Å². The van der Waals surface area contributed by atoms with Gasteiger partial charge in [-0.2, -0.15) is 0 Å². The zero-order valence-electron chi connectivity index (χ0n) is 12.5. The number of para-hydroxylation sites is 2. The topological polar surface area (TPSA) is 3.24 Å². The van der Waals surface area contributed by atoms with E-state index in [-0.39, 0.29) is 0 Å². The van der Waals surface area contributed by atoms with Crippen LogP contribution in [0.5, 0.6) is 0 Å². The highest BCUT2D eigenvalue weighted by Gasteiger charge is 2.14. The van der Waals surface area contributed by atoms with Crippen LogP contribution in [-0.2, 0) is 0 Å². The third-order valence-corrected chi connectivity index (χ3v) is 3.85. The number of benzene rings is 3. The van der Waals surface area contributed by atoms with Crippen LogP contribution in [0.2, 0.25) is 0 Å². The van der Waals surface area contributed by atoms with Crippen LogP contribution in [0.15, 0.2) is 78.9 Å². The lowest BCUT2D eigenvalue weighted by Crippen LogP contribution is -2.11. The van der Waals surface area contributed by atoms with Gasteiger partial charge in [0.2, 0.25) is 0 Å². The number of hydrogen-bond donors (Lipinski definition) is 0. The third kappa shape index (κ3) is 2.68. The molecule has 104 valence electrons. The monoisotopic (exact) mass is 273 g/mol. The van der Waals surface area contributed by atoms with Crippen molar-refractivity contribution < 1.29 is 0 Å². The van der Waals surface area contributed by atoms with Crippen molar-refractivity contribution in [3.05, 3.63) is 90.0 Å². The van der Waals surface area contributed by atoms with E-state index in [2.05, 4.69) is 97.6 Å². The van der Waals surface area contributed by atoms with E-state index in [0.29, 0.717) is 0 Å². The molecule has 0 fully saturated rings. The number of rotatable bonds is 3. The van der Waals surface area contributed by atoms with Crippen LogP contribution < -0.4 is 4.90 Å². The molecule has 3 rings (SSSR count). The summed E-state index contributed by atoms with van der Waals surface area (Å²) in [7, 11) is 0. The molecule has 0 atom stereocenters. The first-order chi connectivity index (χ1) is 10.3. The van der Waals surface area contributed by atoms with E-state index in [1.165, 1.54) is 28.2 Å². The van der Waals surface area contributed by atoms with Gasteiger partial charge >= 0.3 is 0 Å². The Kier molecular flexibility index (Phi) is 3.74. The molecule has 1 heteroatoms. The molecule has 0 aliphatic heterocycles. The van der Waals surface area contributed by atoms with Crippen LogP contribution in [0.3, 0.4) is 0 Å². The SMILES string of the molecule is Cc1cccc(N(c2ccccc2)c2ccccc2)c1C. The summed E-state index contributed by atoms with van der Waals surface area (Å²) in [6, 6.07) is 27.5. The van der Waals surface area contributed by atoms with Gasteiger partial charge in [0.25, 0.3) is 0 Å². The van der Waals surface area contributed by atoms with E-state index in [1.54, 1.807) is 0 Å². The molecule has 3 aromatic carbocycles. The predicted octanol–water partition coefficient (Wildman–Crippen LogP) is 5.77. The molecule has 0 aliphatic rings. The summed E-state index contributed by atoms with van der Waals surface area (Å²) in [6.07, 6.45) is 0. The zero-order valence-corrected chi connectivity index (χ0v) is 12.5. The van der Waals surface area contributed by atoms with Gasteiger partial charge in [-0.3, -0.25) is 0 Å². The fraction of sp³-hybridized carbons (Fsp3) is 0.100. The van der Waals surface area contributed by atoms with Gasteiger partial charge in [0.15, 0.2) is 0 Å². The largest absolute Gasteiger partial charge is 0.310 e. The van der Waals surface area contributed by atoms with Crippen LogP contribution >= 0.6 is 0 Å². The van der Waals surface area contributed by atoms with Crippen LogP contribution in [0.4, 0.5) is 17.1 Å². The minimum Gasteiger partial charge on any atom is -0.310 e. The lowest BCUT2D eigenvalue weighted by Gasteiger charge is -2.27. The molecule has 3 aromatic rings. The normalized spacial score (nSPS) is 10.4. The Balaban J connectivity index is 2.20. The van der Waals surface area contributed by atoms with Gasteiger partial charge in [0, 0.05) is 17.1 Å². The maximum absolute atomic E-state index is 2.31. The molecule has 0 N–H and O–H groups in total. The first-order valence-corrected chi connectivity index (χ1v) is 7.24. The van der Waals surface area contributed by atoms with Crippen molar-refractivity contribution >= 4 is 17.1 Å². The maximum atomic E-state index is 2.31. The van der Waals surface area contributed by atoms with Crippen molar-refractivity contribution in [3.8, 4) is 0 Å². The van der Waals surface area contributed by atoms with Crippen molar-refractivity contribution in [2.45, 2.75) is 13.8 Å². The zero-order chi connectivity index (χ0) is 14.7. The van der Waals surface area contributed by atoms with Crippen LogP contribution in [-0.4, -0.2) is 0 Å². The summed E-state index contributed by atoms with van der Waals surface area (Å²) in [4.78, 5) is 2.31. The Morgan fingerprint density at radius 2 is 1.10 bits per heavy atom. The summed E-state index contributed by atoms with van der Waals surface area (Å²) in [5.74, 6) is 0. The summed E-state index contributed by atoms with van der Waals surface area (Å²) >= 11 is 0. The number of nitrogens with zero attached hydrogens (tertiary/aromatic N) is 1. The van der Waals surface area contributed by atoms with E-state index >= 15 is 0 Å². The maximum Gasteiger partial charge on any atom is 0.0493 e. The van der Waals surface area contributed by atoms with Gasteiger partial charge in [-0.05, 0) is 55.3 Å². The minimum absolute atomic E-state index is 1.18. The molecule has 21 heavy (non-hydrogen) atoms. The summed E-state index contributed by atoms with van der Waals surface area (Å²) in [5.41, 5.74) is 6.21. The molecule has 0 unspecified atom stereocenters. The first kappa shape index (κ1) is 13.4. The highest BCUT2D eigenvalue weighted by molar-refractivity contribution is 5.78. The summed E-state index contributed by atoms with van der Waals surface area (Å²) in [5, 5.41) is 0. The molecule has 0 spiro atoms. The number of hydrogen-bond acceptors (Lipinski definition) is 1. The van der Waals surface area contributed by atoms with Gasteiger partial charge in [0.05, 0.1) is 0 Å². The van der Waals surface area contributed by atoms with Crippen molar-refractivity contribution in [3.63, 3.8) is 0 Å². The Morgan fingerprint density at radius 1 is 0.571 bits per heavy atom. The van der Waals surface area contributed by atoms with Crippen LogP contribution in [0.1, 0.15) is 11.1 Å². The average molecular weight is 273 g/mol. The van der Waals surface area contributed by atoms with Gasteiger partial charge in [-0.15, -0.1) is 0 Å². The molecule has 0 aliphatic carbocycles. The van der Waals surface area contributed by atoms with Gasteiger partial charge < -0.3 is 4.90 Å². The highest BCUT2D eigenvalue weighted by Crippen LogP contribution is 2.36. The van der Waals surface area contributed by atoms with E-state index in [0.717, 1.165) is 0 Å². The van der Waals surface area contributed by atoms with Crippen molar-refractivity contribution in [1.82, 2.24) is 0 Å². The molecule has 0 saturated heterocycles. The van der Waals surface area contributed by atoms with Crippen molar-refractivity contribution in [1.29, 1.82) is 0 Å². The second kappa shape index (κ2) is 5.84. The number of aryl methyl sites for hydroxylation is 1. The summed E-state index contributed by atoms with van der Waals surface area (Å²) in [6.45, 7) is 4.34. The molecule has 0 radical (unpaired) electrons. The Bertz CT molecular complexity index is 678. The predicted molar refractivity (Wildman–Crippen MR) is 90.6 cm³/mol. The molecule has 1 nitrogen and oxygen atoms in total. The molecular weight excluding hydrogens is 254 g/mol. The van der Waals surface area contributed by atoms with Gasteiger partial charge in [-0.25, -0.2) is 0 Å². The Hall–Kier alpha value is -2.54. The third-order valence-electron chi connectivity index (χ3n) is 3.85. The lowest BCUT2D eigenvalue weighted by atomic mass is 10.1. The second-order valence-corrected chi connectivity index (χ2v) is 5.23. The van der Waals surface area contributed by atoms with Gasteiger partial charge in [-0.1, -0.05) is 48.5 Å². The highest BCUT2D eigenvalue weighted by atomic mass is 15.1. The number of anilines is 3. The molecule has 0 heterocycles. The van der Waals surface area contributed by atoms with Gasteiger partial charge in [0.1, 0.15) is 0 Å². The van der Waals surface area contributed by atoms with E-state index in [1.807, 2.05) is 0 Å². The minimum atomic E-state index is 1.18. The first-order valence-electron chi connectivity index (χ1n) is 7.24. The molecule has 0 bridgehead atoms. The standard InChI is InChI=1S/C20H19N/c1-16-10-9-15-20(17(16)2)21(18-11-5-3-6-12-18)19-13-7-4-8-14-19/h3-15H,1-2H3. The van der Waals surface area contributed by atoms with Crippen molar-refractivity contribution in [2.75, 3.05) is 4.90 Å². The van der Waals surface area contributed by atoms with Crippen LogP contribution in [0, 0.1) is 13.8 Å². The average Bonchev–Trinajstić information content (AvgIpc) is 2.54. The fourth-order valence-electron chi connectivity index (χ4n) is 2.56. The molecule has 0 amide bonds. The molecule has 0 aromatic heterocycles.